The number of fused-ring (bicyclic) bond motifs is 1. The first-order valence-corrected chi connectivity index (χ1v) is 11.9. The fourth-order valence-corrected chi connectivity index (χ4v) is 5.11. The molecule has 1 aliphatic heterocycles. The molecule has 0 spiro atoms. The van der Waals surface area contributed by atoms with Crippen molar-refractivity contribution in [3.05, 3.63) is 84.6 Å². The van der Waals surface area contributed by atoms with Crippen molar-refractivity contribution in [1.82, 2.24) is 4.98 Å². The fraction of sp³-hybridized carbons (Fsp3) is 0.154. The number of phenols is 1. The van der Waals surface area contributed by atoms with Crippen molar-refractivity contribution in [1.29, 1.82) is 0 Å². The van der Waals surface area contributed by atoms with E-state index < -0.39 is 0 Å². The van der Waals surface area contributed by atoms with Crippen LogP contribution in [0.15, 0.2) is 89.2 Å². The first-order valence-electron chi connectivity index (χ1n) is 10.8. The van der Waals surface area contributed by atoms with Crippen molar-refractivity contribution >= 4 is 51.3 Å². The number of thioether (sulfide) groups is 1. The number of amides is 1. The Labute approximate surface area is 201 Å². The van der Waals surface area contributed by atoms with E-state index in [1.54, 1.807) is 36.2 Å². The molecule has 34 heavy (non-hydrogen) atoms. The van der Waals surface area contributed by atoms with Gasteiger partial charge in [-0.15, -0.1) is 16.9 Å². The second kappa shape index (κ2) is 9.15. The Balaban J connectivity index is 1.44. The number of azo groups is 1. The van der Waals surface area contributed by atoms with E-state index in [9.17, 15) is 9.90 Å². The third kappa shape index (κ3) is 4.20. The second-order valence-electron chi connectivity index (χ2n) is 8.14. The largest absolute Gasteiger partial charge is 0.506 e. The molecule has 1 unspecified atom stereocenters. The third-order valence-corrected chi connectivity index (χ3v) is 6.88. The Kier molecular flexibility index (Phi) is 5.90. The smallest absolute Gasteiger partial charge is 0.238 e. The summed E-state index contributed by atoms with van der Waals surface area (Å²) in [6.07, 6.45) is 1.63. The predicted molar refractivity (Wildman–Crippen MR) is 137 cm³/mol. The average Bonchev–Trinajstić information content (AvgIpc) is 3.25. The van der Waals surface area contributed by atoms with Crippen LogP contribution in [0, 0.1) is 0 Å². The molecular weight excluding hydrogens is 446 g/mol. The maximum absolute atomic E-state index is 12.8. The van der Waals surface area contributed by atoms with Crippen LogP contribution in [-0.4, -0.2) is 35.8 Å². The number of hydrogen-bond donors (Lipinski definition) is 1. The van der Waals surface area contributed by atoms with Crippen LogP contribution >= 0.6 is 11.8 Å². The quantitative estimate of drug-likeness (QED) is 0.352. The summed E-state index contributed by atoms with van der Waals surface area (Å²) in [6, 6.07) is 22.7. The van der Waals surface area contributed by atoms with Gasteiger partial charge in [-0.1, -0.05) is 18.2 Å². The topological polar surface area (TPSA) is 81.4 Å². The van der Waals surface area contributed by atoms with Crippen LogP contribution in [0.3, 0.4) is 0 Å². The first-order chi connectivity index (χ1) is 16.5. The fourth-order valence-electron chi connectivity index (χ4n) is 3.93. The van der Waals surface area contributed by atoms with Gasteiger partial charge in [-0.25, -0.2) is 0 Å². The molecule has 0 bridgehead atoms. The maximum Gasteiger partial charge on any atom is 0.238 e. The lowest BCUT2D eigenvalue weighted by Gasteiger charge is -2.25. The average molecular weight is 470 g/mol. The van der Waals surface area contributed by atoms with Gasteiger partial charge in [-0.3, -0.25) is 14.7 Å². The normalized spacial score (nSPS) is 16.0. The minimum Gasteiger partial charge on any atom is -0.506 e. The molecule has 0 saturated carbocycles. The second-order valence-corrected chi connectivity index (χ2v) is 9.20. The van der Waals surface area contributed by atoms with E-state index in [2.05, 4.69) is 44.4 Å². The number of nitrogens with zero attached hydrogens (tertiary/aromatic N) is 5. The molecule has 1 atom stereocenters. The van der Waals surface area contributed by atoms with Crippen molar-refractivity contribution in [2.75, 3.05) is 29.6 Å². The number of carbonyl (C=O) groups excluding carboxylic acids is 1. The number of pyridine rings is 1. The van der Waals surface area contributed by atoms with Gasteiger partial charge < -0.3 is 10.0 Å². The molecule has 3 aromatic carbocycles. The molecule has 8 heteroatoms. The highest BCUT2D eigenvalue weighted by Crippen LogP contribution is 2.43. The van der Waals surface area contributed by atoms with Gasteiger partial charge >= 0.3 is 0 Å². The summed E-state index contributed by atoms with van der Waals surface area (Å²) in [5, 5.41) is 19.5. The van der Waals surface area contributed by atoms with Crippen LogP contribution in [0.5, 0.6) is 5.75 Å². The number of hydrogen-bond acceptors (Lipinski definition) is 7. The van der Waals surface area contributed by atoms with Gasteiger partial charge in [0.15, 0.2) is 0 Å². The number of benzene rings is 3. The van der Waals surface area contributed by atoms with Gasteiger partial charge in [0.1, 0.15) is 16.6 Å². The third-order valence-electron chi connectivity index (χ3n) is 5.67. The molecule has 0 aliphatic carbocycles. The zero-order chi connectivity index (χ0) is 23.7. The van der Waals surface area contributed by atoms with Crippen molar-refractivity contribution in [3.8, 4) is 5.75 Å². The van der Waals surface area contributed by atoms with Gasteiger partial charge in [-0.2, -0.15) is 5.11 Å². The molecule has 0 radical (unpaired) electrons. The maximum atomic E-state index is 12.8. The summed E-state index contributed by atoms with van der Waals surface area (Å²) in [5.74, 6) is 0.598. The van der Waals surface area contributed by atoms with E-state index >= 15 is 0 Å². The molecule has 1 aromatic heterocycles. The lowest BCUT2D eigenvalue weighted by molar-refractivity contribution is -0.115. The van der Waals surface area contributed by atoms with Gasteiger partial charge in [0.25, 0.3) is 0 Å². The lowest BCUT2D eigenvalue weighted by Crippen LogP contribution is -2.27. The monoisotopic (exact) mass is 469 g/mol. The number of carbonyl (C=O) groups is 1. The van der Waals surface area contributed by atoms with Gasteiger partial charge in [0.05, 0.1) is 17.1 Å². The number of phenolic OH excluding ortho intramolecular Hbond substituents is 1. The van der Waals surface area contributed by atoms with Crippen LogP contribution in [0.2, 0.25) is 0 Å². The highest BCUT2D eigenvalue weighted by Gasteiger charge is 2.34. The van der Waals surface area contributed by atoms with Crippen LogP contribution in [0.25, 0.3) is 10.9 Å². The zero-order valence-corrected chi connectivity index (χ0v) is 19.6. The lowest BCUT2D eigenvalue weighted by atomic mass is 10.1. The molecule has 4 aromatic rings. The highest BCUT2D eigenvalue weighted by atomic mass is 32.2. The van der Waals surface area contributed by atoms with E-state index in [0.717, 1.165) is 22.3 Å². The molecular formula is C26H23N5O2S. The van der Waals surface area contributed by atoms with Crippen molar-refractivity contribution in [2.45, 2.75) is 5.37 Å². The first kappa shape index (κ1) is 21.9. The number of anilines is 2. The van der Waals surface area contributed by atoms with Gasteiger partial charge in [-0.05, 0) is 60.2 Å². The Morgan fingerprint density at radius 3 is 2.65 bits per heavy atom. The van der Waals surface area contributed by atoms with Crippen molar-refractivity contribution in [3.63, 3.8) is 0 Å². The number of rotatable bonds is 5. The molecule has 1 amide bonds. The molecule has 1 fully saturated rings. The van der Waals surface area contributed by atoms with Crippen LogP contribution in [-0.2, 0) is 4.79 Å². The highest BCUT2D eigenvalue weighted by molar-refractivity contribution is 8.00. The van der Waals surface area contributed by atoms with E-state index in [0.29, 0.717) is 22.6 Å². The van der Waals surface area contributed by atoms with Gasteiger partial charge in [0.2, 0.25) is 5.91 Å². The van der Waals surface area contributed by atoms with E-state index in [1.165, 1.54) is 0 Å². The summed E-state index contributed by atoms with van der Waals surface area (Å²) in [6.45, 7) is 0. The molecule has 1 N–H and O–H groups in total. The Morgan fingerprint density at radius 1 is 1.03 bits per heavy atom. The summed E-state index contributed by atoms with van der Waals surface area (Å²) in [5.41, 5.74) is 4.70. The predicted octanol–water partition coefficient (Wildman–Crippen LogP) is 6.20. The van der Waals surface area contributed by atoms with Gasteiger partial charge in [0, 0.05) is 37.1 Å². The number of aromatic nitrogens is 1. The molecule has 170 valence electrons. The molecule has 7 nitrogen and oxygen atoms in total. The van der Waals surface area contributed by atoms with Crippen molar-refractivity contribution in [2.24, 2.45) is 10.2 Å². The summed E-state index contributed by atoms with van der Waals surface area (Å²) >= 11 is 1.62. The van der Waals surface area contributed by atoms with Crippen molar-refractivity contribution < 1.29 is 9.90 Å². The zero-order valence-electron chi connectivity index (χ0n) is 18.8. The van der Waals surface area contributed by atoms with Crippen LogP contribution < -0.4 is 9.80 Å². The Bertz CT molecular complexity index is 1390. The molecule has 1 aliphatic rings. The summed E-state index contributed by atoms with van der Waals surface area (Å²) < 4.78 is 0. The van der Waals surface area contributed by atoms with E-state index in [1.807, 2.05) is 49.3 Å². The summed E-state index contributed by atoms with van der Waals surface area (Å²) in [4.78, 5) is 20.9. The van der Waals surface area contributed by atoms with E-state index in [4.69, 9.17) is 0 Å². The minimum absolute atomic E-state index is 0.0661. The Hall–Kier alpha value is -3.91. The van der Waals surface area contributed by atoms with E-state index in [-0.39, 0.29) is 17.0 Å². The standard InChI is InChI=1S/C26H23N5O2S/c1-30(2)19-10-8-17(9-11-19)26-31(24(33)16-34-26)20-6-3-5-18(15-20)28-29-22-12-13-23(32)25-21(22)7-4-14-27-25/h3-15,26,32H,16H2,1-2H3. The minimum atomic E-state index is -0.0944. The van der Waals surface area contributed by atoms with Crippen LogP contribution in [0.4, 0.5) is 22.7 Å². The molecule has 5 rings (SSSR count). The summed E-state index contributed by atoms with van der Waals surface area (Å²) in [7, 11) is 4.01. The SMILES string of the molecule is CN(C)c1ccc(C2SCC(=O)N2c2cccc(N=Nc3ccc(O)c4ncccc34)c2)cc1. The van der Waals surface area contributed by atoms with Crippen LogP contribution in [0.1, 0.15) is 10.9 Å². The number of aromatic hydroxyl groups is 1. The molecule has 1 saturated heterocycles. The molecule has 2 heterocycles. The Morgan fingerprint density at radius 2 is 1.85 bits per heavy atom.